The van der Waals surface area contributed by atoms with Crippen LogP contribution in [0.25, 0.3) is 0 Å². The molecule has 94 valence electrons. The highest BCUT2D eigenvalue weighted by molar-refractivity contribution is 9.10. The monoisotopic (exact) mass is 328 g/mol. The first-order valence-electron chi connectivity index (χ1n) is 5.25. The van der Waals surface area contributed by atoms with Gasteiger partial charge < -0.3 is 11.1 Å². The van der Waals surface area contributed by atoms with Gasteiger partial charge in [0.2, 0.25) is 0 Å². The lowest BCUT2D eigenvalue weighted by molar-refractivity contribution is 0.631. The molecule has 0 amide bonds. The lowest BCUT2D eigenvalue weighted by atomic mass is 10.1. The Balaban J connectivity index is 2.46. The van der Waals surface area contributed by atoms with E-state index in [1.54, 1.807) is 24.3 Å². The Kier molecular flexibility index (Phi) is 3.78. The third kappa shape index (κ3) is 2.60. The van der Waals surface area contributed by atoms with E-state index >= 15 is 0 Å². The molecule has 0 fully saturated rings. The fourth-order valence-electron chi connectivity index (χ4n) is 1.60. The second-order valence-electron chi connectivity index (χ2n) is 3.89. The summed E-state index contributed by atoms with van der Waals surface area (Å²) in [5.41, 5.74) is 8.16. The molecule has 3 N–H and O–H groups in total. The van der Waals surface area contributed by atoms with Crippen molar-refractivity contribution in [1.29, 1.82) is 0 Å². The molecule has 0 atom stereocenters. The van der Waals surface area contributed by atoms with Crippen LogP contribution in [0.15, 0.2) is 34.8 Å². The second-order valence-corrected chi connectivity index (χ2v) is 5.21. The van der Waals surface area contributed by atoms with Crippen LogP contribution < -0.4 is 11.1 Å². The predicted octanol–water partition coefficient (Wildman–Crippen LogP) is 4.88. The van der Waals surface area contributed by atoms with E-state index in [1.807, 2.05) is 6.92 Å². The van der Waals surface area contributed by atoms with Crippen LogP contribution in [-0.2, 0) is 0 Å². The van der Waals surface area contributed by atoms with Crippen molar-refractivity contribution in [3.05, 3.63) is 51.2 Å². The lowest BCUT2D eigenvalue weighted by Crippen LogP contribution is -2.01. The number of rotatable bonds is 2. The van der Waals surface area contributed by atoms with E-state index < -0.39 is 0 Å². The van der Waals surface area contributed by atoms with Crippen molar-refractivity contribution in [3.8, 4) is 0 Å². The van der Waals surface area contributed by atoms with Crippen LogP contribution in [0.5, 0.6) is 0 Å². The van der Waals surface area contributed by atoms with Crippen molar-refractivity contribution in [2.75, 3.05) is 11.1 Å². The minimum atomic E-state index is -0.350. The number of benzene rings is 2. The number of anilines is 3. The molecule has 0 saturated heterocycles. The van der Waals surface area contributed by atoms with Gasteiger partial charge in [-0.1, -0.05) is 27.5 Å². The van der Waals surface area contributed by atoms with E-state index in [2.05, 4.69) is 21.2 Å². The summed E-state index contributed by atoms with van der Waals surface area (Å²) in [6.45, 7) is 1.83. The molecule has 5 heteroatoms. The maximum Gasteiger partial charge on any atom is 0.146 e. The maximum atomic E-state index is 13.7. The van der Waals surface area contributed by atoms with Gasteiger partial charge in [-0.05, 0) is 42.8 Å². The molecule has 0 aromatic heterocycles. The molecular weight excluding hydrogens is 319 g/mol. The van der Waals surface area contributed by atoms with Crippen molar-refractivity contribution >= 4 is 44.6 Å². The molecule has 0 aliphatic heterocycles. The first kappa shape index (κ1) is 13.2. The van der Waals surface area contributed by atoms with Gasteiger partial charge in [0.15, 0.2) is 0 Å². The van der Waals surface area contributed by atoms with Crippen molar-refractivity contribution in [3.63, 3.8) is 0 Å². The van der Waals surface area contributed by atoms with Gasteiger partial charge >= 0.3 is 0 Å². The minimum Gasteiger partial charge on any atom is -0.397 e. The van der Waals surface area contributed by atoms with Crippen LogP contribution in [0, 0.1) is 12.7 Å². The third-order valence-corrected chi connectivity index (χ3v) is 3.52. The highest BCUT2D eigenvalue weighted by atomic mass is 79.9. The van der Waals surface area contributed by atoms with E-state index in [4.69, 9.17) is 17.3 Å². The van der Waals surface area contributed by atoms with Gasteiger partial charge in [-0.2, -0.15) is 0 Å². The van der Waals surface area contributed by atoms with Crippen molar-refractivity contribution < 1.29 is 4.39 Å². The predicted molar refractivity (Wildman–Crippen MR) is 78.0 cm³/mol. The SMILES string of the molecule is Cc1c(Cl)ccc(N)c1Nc1cc(Br)ccc1F. The van der Waals surface area contributed by atoms with Crippen molar-refractivity contribution in [2.24, 2.45) is 0 Å². The largest absolute Gasteiger partial charge is 0.397 e. The minimum absolute atomic E-state index is 0.349. The Morgan fingerprint density at radius 2 is 2.00 bits per heavy atom. The average Bonchev–Trinajstić information content (AvgIpc) is 2.34. The van der Waals surface area contributed by atoms with Crippen LogP contribution in [0.1, 0.15) is 5.56 Å². The normalized spacial score (nSPS) is 10.4. The zero-order valence-corrected chi connectivity index (χ0v) is 11.9. The fourth-order valence-corrected chi connectivity index (χ4v) is 2.12. The Morgan fingerprint density at radius 3 is 2.72 bits per heavy atom. The number of nitrogens with two attached hydrogens (primary N) is 1. The maximum absolute atomic E-state index is 13.7. The molecule has 2 aromatic rings. The topological polar surface area (TPSA) is 38.0 Å². The Morgan fingerprint density at radius 1 is 1.28 bits per heavy atom. The highest BCUT2D eigenvalue weighted by Gasteiger charge is 2.10. The molecule has 18 heavy (non-hydrogen) atoms. The summed E-state index contributed by atoms with van der Waals surface area (Å²) in [4.78, 5) is 0. The van der Waals surface area contributed by atoms with E-state index in [9.17, 15) is 4.39 Å². The van der Waals surface area contributed by atoms with Crippen LogP contribution in [0.4, 0.5) is 21.5 Å². The van der Waals surface area contributed by atoms with Gasteiger partial charge in [-0.25, -0.2) is 4.39 Å². The zero-order valence-electron chi connectivity index (χ0n) is 9.60. The van der Waals surface area contributed by atoms with Gasteiger partial charge in [0, 0.05) is 9.50 Å². The average molecular weight is 330 g/mol. The zero-order chi connectivity index (χ0) is 13.3. The number of halogens is 3. The van der Waals surface area contributed by atoms with E-state index in [0.717, 1.165) is 10.0 Å². The molecule has 0 radical (unpaired) electrons. The molecule has 0 spiro atoms. The van der Waals surface area contributed by atoms with Crippen LogP contribution in [-0.4, -0.2) is 0 Å². The molecule has 0 unspecified atom stereocenters. The molecule has 2 rings (SSSR count). The number of hydrogen-bond donors (Lipinski definition) is 2. The summed E-state index contributed by atoms with van der Waals surface area (Å²) in [5, 5.41) is 3.56. The first-order chi connectivity index (χ1) is 8.49. The van der Waals surface area contributed by atoms with Gasteiger partial charge in [-0.15, -0.1) is 0 Å². The summed E-state index contributed by atoms with van der Waals surface area (Å²) in [7, 11) is 0. The third-order valence-electron chi connectivity index (χ3n) is 2.62. The summed E-state index contributed by atoms with van der Waals surface area (Å²) >= 11 is 9.32. The Bertz CT molecular complexity index is 602. The Labute approximate surface area is 118 Å². The van der Waals surface area contributed by atoms with Crippen LogP contribution >= 0.6 is 27.5 Å². The number of nitrogen functional groups attached to an aromatic ring is 1. The molecule has 0 saturated carbocycles. The lowest BCUT2D eigenvalue weighted by Gasteiger charge is -2.14. The molecule has 0 heterocycles. The second kappa shape index (κ2) is 5.16. The molecular formula is C13H11BrClFN2. The van der Waals surface area contributed by atoms with Gasteiger partial charge in [-0.3, -0.25) is 0 Å². The van der Waals surface area contributed by atoms with Gasteiger partial charge in [0.05, 0.1) is 17.1 Å². The summed E-state index contributed by atoms with van der Waals surface area (Å²) < 4.78 is 14.4. The quantitative estimate of drug-likeness (QED) is 0.771. The van der Waals surface area contributed by atoms with Crippen molar-refractivity contribution in [2.45, 2.75) is 6.92 Å². The fraction of sp³-hybridized carbons (Fsp3) is 0.0769. The smallest absolute Gasteiger partial charge is 0.146 e. The molecule has 2 aromatic carbocycles. The molecule has 0 aliphatic rings. The number of hydrogen-bond acceptors (Lipinski definition) is 2. The Hall–Kier alpha value is -1.26. The van der Waals surface area contributed by atoms with Gasteiger partial charge in [0.1, 0.15) is 5.82 Å². The summed E-state index contributed by atoms with van der Waals surface area (Å²) in [5.74, 6) is -0.350. The molecule has 0 bridgehead atoms. The first-order valence-corrected chi connectivity index (χ1v) is 6.43. The van der Waals surface area contributed by atoms with E-state index in [-0.39, 0.29) is 5.82 Å². The van der Waals surface area contributed by atoms with Crippen LogP contribution in [0.3, 0.4) is 0 Å². The highest BCUT2D eigenvalue weighted by Crippen LogP contribution is 2.33. The molecule has 0 aliphatic carbocycles. The van der Waals surface area contributed by atoms with Crippen molar-refractivity contribution in [1.82, 2.24) is 0 Å². The van der Waals surface area contributed by atoms with E-state index in [0.29, 0.717) is 22.1 Å². The summed E-state index contributed by atoms with van der Waals surface area (Å²) in [6.07, 6.45) is 0. The standard InChI is InChI=1S/C13H11BrClFN2/c1-7-9(15)3-5-11(17)13(7)18-12-6-8(14)2-4-10(12)16/h2-6,18H,17H2,1H3. The van der Waals surface area contributed by atoms with E-state index in [1.165, 1.54) is 6.07 Å². The number of nitrogens with one attached hydrogen (secondary N) is 1. The summed E-state index contributed by atoms with van der Waals surface area (Å²) in [6, 6.07) is 8.06. The van der Waals surface area contributed by atoms with Crippen LogP contribution in [0.2, 0.25) is 5.02 Å². The molecule has 2 nitrogen and oxygen atoms in total. The van der Waals surface area contributed by atoms with Gasteiger partial charge in [0.25, 0.3) is 0 Å².